The van der Waals surface area contributed by atoms with Gasteiger partial charge in [0.2, 0.25) is 0 Å². The number of rotatable bonds is 3. The summed E-state index contributed by atoms with van der Waals surface area (Å²) in [5.41, 5.74) is 1.67. The maximum Gasteiger partial charge on any atom is 0.328 e. The Hall–Kier alpha value is -1.79. The first kappa shape index (κ1) is 14.6. The topological polar surface area (TPSA) is 66.7 Å². The van der Waals surface area contributed by atoms with Crippen molar-refractivity contribution in [3.8, 4) is 0 Å². The molecule has 0 aromatic heterocycles. The number of thioether (sulfide) groups is 2. The first-order chi connectivity index (χ1) is 9.58. The third-order valence-electron chi connectivity index (χ3n) is 2.43. The van der Waals surface area contributed by atoms with Crippen LogP contribution in [-0.2, 0) is 9.59 Å². The molecule has 0 spiro atoms. The Bertz CT molecular complexity index is 630. The van der Waals surface area contributed by atoms with E-state index >= 15 is 0 Å². The molecule has 0 bridgehead atoms. The van der Waals surface area contributed by atoms with Crippen molar-refractivity contribution in [2.75, 3.05) is 6.26 Å². The second-order valence-electron chi connectivity index (χ2n) is 3.84. The first-order valence-corrected chi connectivity index (χ1v) is 7.70. The van der Waals surface area contributed by atoms with Crippen molar-refractivity contribution in [3.63, 3.8) is 0 Å². The molecule has 0 aliphatic carbocycles. The number of aliphatic imine (C=N–C) groups is 1. The van der Waals surface area contributed by atoms with E-state index in [0.29, 0.717) is 4.91 Å². The average molecular weight is 305 g/mol. The minimum Gasteiger partial charge on any atom is -0.478 e. The number of carbonyl (C=O) groups is 2. The molecule has 102 valence electrons. The Balaban J connectivity index is 2.12. The van der Waals surface area contributed by atoms with Gasteiger partial charge in [0.1, 0.15) is 4.38 Å². The lowest BCUT2D eigenvalue weighted by molar-refractivity contribution is -0.131. The molecule has 1 N–H and O–H groups in total. The van der Waals surface area contributed by atoms with Crippen LogP contribution in [-0.4, -0.2) is 27.6 Å². The molecule has 4 nitrogen and oxygen atoms in total. The molecule has 1 aliphatic rings. The van der Waals surface area contributed by atoms with Gasteiger partial charge in [-0.05, 0) is 29.5 Å². The van der Waals surface area contributed by atoms with Crippen molar-refractivity contribution in [1.29, 1.82) is 0 Å². The van der Waals surface area contributed by atoms with Crippen LogP contribution in [0.4, 0.5) is 0 Å². The van der Waals surface area contributed by atoms with Gasteiger partial charge in [0.25, 0.3) is 5.91 Å². The average Bonchev–Trinajstić information content (AvgIpc) is 2.78. The zero-order valence-corrected chi connectivity index (χ0v) is 12.2. The van der Waals surface area contributed by atoms with Gasteiger partial charge in [0, 0.05) is 6.08 Å². The lowest BCUT2D eigenvalue weighted by Crippen LogP contribution is -1.88. The van der Waals surface area contributed by atoms with Crippen molar-refractivity contribution in [1.82, 2.24) is 0 Å². The van der Waals surface area contributed by atoms with Crippen molar-refractivity contribution >= 4 is 51.9 Å². The maximum atomic E-state index is 11.6. The van der Waals surface area contributed by atoms with E-state index in [9.17, 15) is 9.59 Å². The Morgan fingerprint density at radius 1 is 1.30 bits per heavy atom. The summed E-state index contributed by atoms with van der Waals surface area (Å²) in [6.45, 7) is 0. The van der Waals surface area contributed by atoms with Gasteiger partial charge >= 0.3 is 5.97 Å². The smallest absolute Gasteiger partial charge is 0.328 e. The second kappa shape index (κ2) is 6.58. The van der Waals surface area contributed by atoms with E-state index in [1.165, 1.54) is 29.6 Å². The summed E-state index contributed by atoms with van der Waals surface area (Å²) < 4.78 is 0.752. The molecule has 1 aliphatic heterocycles. The third kappa shape index (κ3) is 3.85. The quantitative estimate of drug-likeness (QED) is 0.869. The van der Waals surface area contributed by atoms with Crippen LogP contribution in [0.5, 0.6) is 0 Å². The van der Waals surface area contributed by atoms with Crippen LogP contribution in [0, 0.1) is 0 Å². The molecular weight excluding hydrogens is 294 g/mol. The summed E-state index contributed by atoms with van der Waals surface area (Å²) in [4.78, 5) is 26.5. The molecule has 0 saturated carbocycles. The van der Waals surface area contributed by atoms with Gasteiger partial charge in [0.15, 0.2) is 0 Å². The fourth-order valence-corrected chi connectivity index (χ4v) is 2.92. The fourth-order valence-electron chi connectivity index (χ4n) is 1.50. The van der Waals surface area contributed by atoms with E-state index in [4.69, 9.17) is 5.11 Å². The van der Waals surface area contributed by atoms with Gasteiger partial charge in [0.05, 0.1) is 4.91 Å². The summed E-state index contributed by atoms with van der Waals surface area (Å²) in [7, 11) is 0. The van der Waals surface area contributed by atoms with Gasteiger partial charge in [-0.15, -0.1) is 11.8 Å². The van der Waals surface area contributed by atoms with E-state index in [1.807, 2.05) is 18.4 Å². The molecule has 1 heterocycles. The monoisotopic (exact) mass is 305 g/mol. The maximum absolute atomic E-state index is 11.6. The summed E-state index contributed by atoms with van der Waals surface area (Å²) in [5, 5.41) is 8.55. The number of carboxylic acids is 1. The van der Waals surface area contributed by atoms with Crippen LogP contribution in [0.2, 0.25) is 0 Å². The predicted octanol–water partition coefficient (Wildman–Crippen LogP) is 3.12. The number of hydrogen-bond donors (Lipinski definition) is 1. The van der Waals surface area contributed by atoms with E-state index in [0.717, 1.165) is 21.6 Å². The number of nitrogens with zero attached hydrogens (tertiary/aromatic N) is 1. The SMILES string of the molecule is CSC1=NC(=O)/C(=C/c2ccc(/C=C/C(=O)O)cc2)S1. The summed E-state index contributed by atoms with van der Waals surface area (Å²) in [5.74, 6) is -1.19. The fraction of sp³-hybridized carbons (Fsp3) is 0.0714. The van der Waals surface area contributed by atoms with Gasteiger partial charge in [-0.1, -0.05) is 36.0 Å². The second-order valence-corrected chi connectivity index (χ2v) is 5.92. The lowest BCUT2D eigenvalue weighted by atomic mass is 10.1. The lowest BCUT2D eigenvalue weighted by Gasteiger charge is -1.97. The van der Waals surface area contributed by atoms with E-state index in [-0.39, 0.29) is 5.91 Å². The predicted molar refractivity (Wildman–Crippen MR) is 84.6 cm³/mol. The van der Waals surface area contributed by atoms with Crippen LogP contribution in [0.15, 0.2) is 40.2 Å². The Kier molecular flexibility index (Phi) is 4.81. The summed E-state index contributed by atoms with van der Waals surface area (Å²) in [6, 6.07) is 7.26. The largest absolute Gasteiger partial charge is 0.478 e. The number of amides is 1. The first-order valence-electron chi connectivity index (χ1n) is 5.66. The standard InChI is InChI=1S/C14H11NO3S2/c1-19-14-15-13(18)11(20-14)8-10-4-2-9(3-5-10)6-7-12(16)17/h2-8H,1H3,(H,16,17)/b7-6+,11-8-. The number of benzene rings is 1. The normalized spacial score (nSPS) is 16.9. The van der Waals surface area contributed by atoms with E-state index in [2.05, 4.69) is 4.99 Å². The van der Waals surface area contributed by atoms with E-state index < -0.39 is 5.97 Å². The molecule has 0 atom stereocenters. The Labute approximate surface area is 124 Å². The number of hydrogen-bond acceptors (Lipinski definition) is 4. The molecule has 0 saturated heterocycles. The van der Waals surface area contributed by atoms with Crippen LogP contribution in [0.3, 0.4) is 0 Å². The molecule has 1 amide bonds. The minimum absolute atomic E-state index is 0.214. The van der Waals surface area contributed by atoms with Gasteiger partial charge in [-0.2, -0.15) is 4.99 Å². The van der Waals surface area contributed by atoms with Crippen LogP contribution in [0.25, 0.3) is 12.2 Å². The van der Waals surface area contributed by atoms with Crippen LogP contribution < -0.4 is 0 Å². The van der Waals surface area contributed by atoms with E-state index in [1.54, 1.807) is 18.2 Å². The highest BCUT2D eigenvalue weighted by molar-refractivity contribution is 8.40. The van der Waals surface area contributed by atoms with Gasteiger partial charge in [-0.25, -0.2) is 4.79 Å². The van der Waals surface area contributed by atoms with Crippen molar-refractivity contribution in [2.45, 2.75) is 0 Å². The van der Waals surface area contributed by atoms with Crippen molar-refractivity contribution in [2.24, 2.45) is 4.99 Å². The highest BCUT2D eigenvalue weighted by atomic mass is 32.2. The molecule has 6 heteroatoms. The van der Waals surface area contributed by atoms with Crippen molar-refractivity contribution in [3.05, 3.63) is 46.4 Å². The summed E-state index contributed by atoms with van der Waals surface area (Å²) >= 11 is 2.81. The van der Waals surface area contributed by atoms with Crippen molar-refractivity contribution < 1.29 is 14.7 Å². The Morgan fingerprint density at radius 2 is 1.95 bits per heavy atom. The van der Waals surface area contributed by atoms with Crippen LogP contribution >= 0.6 is 23.5 Å². The van der Waals surface area contributed by atoms with Gasteiger partial charge < -0.3 is 5.11 Å². The Morgan fingerprint density at radius 3 is 2.50 bits per heavy atom. The molecule has 1 aromatic carbocycles. The summed E-state index contributed by atoms with van der Waals surface area (Å²) in [6.07, 6.45) is 6.27. The highest BCUT2D eigenvalue weighted by Gasteiger charge is 2.20. The third-order valence-corrected chi connectivity index (χ3v) is 4.40. The molecule has 1 aromatic rings. The molecule has 0 fully saturated rings. The molecule has 0 unspecified atom stereocenters. The molecule has 0 radical (unpaired) electrons. The minimum atomic E-state index is -0.981. The number of carbonyl (C=O) groups excluding carboxylic acids is 1. The highest BCUT2D eigenvalue weighted by Crippen LogP contribution is 2.32. The molecule has 20 heavy (non-hydrogen) atoms. The number of aliphatic carboxylic acids is 1. The zero-order chi connectivity index (χ0) is 14.5. The molecular formula is C14H11NO3S2. The molecule has 2 rings (SSSR count). The zero-order valence-electron chi connectivity index (χ0n) is 10.6. The number of carboxylic acid groups (broad SMARTS) is 1. The van der Waals surface area contributed by atoms with Crippen LogP contribution in [0.1, 0.15) is 11.1 Å². The van der Waals surface area contributed by atoms with Gasteiger partial charge in [-0.3, -0.25) is 4.79 Å².